The Morgan fingerprint density at radius 1 is 1.45 bits per heavy atom. The highest BCUT2D eigenvalue weighted by molar-refractivity contribution is 5.98. The van der Waals surface area contributed by atoms with Gasteiger partial charge in [-0.1, -0.05) is 6.07 Å². The number of hydrogen-bond donors (Lipinski definition) is 1. The fourth-order valence-corrected chi connectivity index (χ4v) is 2.55. The summed E-state index contributed by atoms with van der Waals surface area (Å²) in [6, 6.07) is 6.87. The van der Waals surface area contributed by atoms with Crippen molar-refractivity contribution in [3.63, 3.8) is 0 Å². The van der Waals surface area contributed by atoms with Gasteiger partial charge in [0.15, 0.2) is 0 Å². The lowest BCUT2D eigenvalue weighted by Crippen LogP contribution is -2.50. The van der Waals surface area contributed by atoms with Crippen molar-refractivity contribution in [1.29, 1.82) is 0 Å². The molecule has 2 rings (SSSR count). The highest BCUT2D eigenvalue weighted by Crippen LogP contribution is 2.31. The number of nitrogens with zero attached hydrogens (tertiary/aromatic N) is 1. The molecule has 1 unspecified atom stereocenters. The Morgan fingerprint density at radius 2 is 2.20 bits per heavy atom. The van der Waals surface area contributed by atoms with Gasteiger partial charge >= 0.3 is 5.97 Å². The van der Waals surface area contributed by atoms with Crippen LogP contribution in [0.25, 0.3) is 0 Å². The highest BCUT2D eigenvalue weighted by Gasteiger charge is 2.46. The number of carbonyl (C=O) groups is 2. The van der Waals surface area contributed by atoms with Gasteiger partial charge in [0.1, 0.15) is 11.3 Å². The number of carboxylic acid groups (broad SMARTS) is 1. The molecule has 5 heteroatoms. The summed E-state index contributed by atoms with van der Waals surface area (Å²) in [5.74, 6) is -0.590. The lowest BCUT2D eigenvalue weighted by Gasteiger charge is -2.31. The van der Waals surface area contributed by atoms with Crippen molar-refractivity contribution in [2.75, 3.05) is 13.2 Å². The first-order valence-corrected chi connectivity index (χ1v) is 6.77. The highest BCUT2D eigenvalue weighted by atomic mass is 16.5. The average molecular weight is 277 g/mol. The Kier molecular flexibility index (Phi) is 3.97. The minimum absolute atomic E-state index is 0.256. The monoisotopic (exact) mass is 277 g/mol. The topological polar surface area (TPSA) is 66.8 Å². The number of carboxylic acids is 1. The third-order valence-electron chi connectivity index (χ3n) is 3.74. The van der Waals surface area contributed by atoms with E-state index in [9.17, 15) is 14.7 Å². The van der Waals surface area contributed by atoms with E-state index in [2.05, 4.69) is 0 Å². The minimum atomic E-state index is -1.11. The van der Waals surface area contributed by atoms with Crippen LogP contribution in [0.15, 0.2) is 24.3 Å². The number of amides is 1. The Labute approximate surface area is 118 Å². The summed E-state index contributed by atoms with van der Waals surface area (Å²) in [4.78, 5) is 25.4. The Bertz CT molecular complexity index is 528. The molecule has 108 valence electrons. The van der Waals surface area contributed by atoms with Crippen molar-refractivity contribution in [3.05, 3.63) is 29.8 Å². The van der Waals surface area contributed by atoms with E-state index in [1.807, 2.05) is 6.92 Å². The van der Waals surface area contributed by atoms with Gasteiger partial charge < -0.3 is 14.7 Å². The van der Waals surface area contributed by atoms with E-state index in [4.69, 9.17) is 4.74 Å². The van der Waals surface area contributed by atoms with Gasteiger partial charge in [-0.25, -0.2) is 4.79 Å². The van der Waals surface area contributed by atoms with Crippen LogP contribution >= 0.6 is 0 Å². The van der Waals surface area contributed by atoms with Gasteiger partial charge in [-0.2, -0.15) is 0 Å². The lowest BCUT2D eigenvalue weighted by atomic mass is 9.98. The van der Waals surface area contributed by atoms with Crippen LogP contribution in [0.4, 0.5) is 0 Å². The Morgan fingerprint density at radius 3 is 2.85 bits per heavy atom. The predicted molar refractivity (Wildman–Crippen MR) is 73.9 cm³/mol. The molecule has 1 aromatic carbocycles. The second-order valence-corrected chi connectivity index (χ2v) is 5.10. The van der Waals surface area contributed by atoms with Crippen molar-refractivity contribution in [2.24, 2.45) is 0 Å². The van der Waals surface area contributed by atoms with Gasteiger partial charge in [0, 0.05) is 12.1 Å². The molecule has 0 radical (unpaired) electrons. The molecule has 1 N–H and O–H groups in total. The molecule has 5 nitrogen and oxygen atoms in total. The van der Waals surface area contributed by atoms with E-state index in [1.165, 1.54) is 4.90 Å². The molecule has 1 heterocycles. The molecule has 0 saturated carbocycles. The van der Waals surface area contributed by atoms with Crippen molar-refractivity contribution in [2.45, 2.75) is 32.2 Å². The van der Waals surface area contributed by atoms with Crippen LogP contribution in [-0.2, 0) is 4.79 Å². The van der Waals surface area contributed by atoms with E-state index in [0.717, 1.165) is 0 Å². The first-order valence-electron chi connectivity index (χ1n) is 6.77. The molecular weight excluding hydrogens is 258 g/mol. The summed E-state index contributed by atoms with van der Waals surface area (Å²) in [6.07, 6.45) is 1.19. The van der Waals surface area contributed by atoms with Crippen LogP contribution in [0.3, 0.4) is 0 Å². The molecule has 1 saturated heterocycles. The number of aliphatic carboxylic acids is 1. The number of rotatable bonds is 4. The van der Waals surface area contributed by atoms with Gasteiger partial charge in [0.05, 0.1) is 6.61 Å². The van der Waals surface area contributed by atoms with Crippen LogP contribution in [0.5, 0.6) is 5.75 Å². The first kappa shape index (κ1) is 14.4. The average Bonchev–Trinajstić information content (AvgIpc) is 2.82. The van der Waals surface area contributed by atoms with Crippen molar-refractivity contribution in [1.82, 2.24) is 4.90 Å². The maximum absolute atomic E-state index is 12.5. The van der Waals surface area contributed by atoms with Crippen molar-refractivity contribution in [3.8, 4) is 5.75 Å². The van der Waals surface area contributed by atoms with E-state index < -0.39 is 11.5 Å². The zero-order chi connectivity index (χ0) is 14.8. The molecular formula is C15H19NO4. The molecule has 1 aliphatic rings. The van der Waals surface area contributed by atoms with Gasteiger partial charge in [-0.3, -0.25) is 4.79 Å². The van der Waals surface area contributed by atoms with E-state index in [1.54, 1.807) is 31.2 Å². The lowest BCUT2D eigenvalue weighted by molar-refractivity contribution is -0.147. The van der Waals surface area contributed by atoms with Gasteiger partial charge in [0.2, 0.25) is 0 Å². The molecule has 1 aliphatic heterocycles. The predicted octanol–water partition coefficient (Wildman–Crippen LogP) is 2.16. The Hall–Kier alpha value is -2.04. The summed E-state index contributed by atoms with van der Waals surface area (Å²) < 4.78 is 5.37. The first-order chi connectivity index (χ1) is 9.49. The second-order valence-electron chi connectivity index (χ2n) is 5.10. The summed E-state index contributed by atoms with van der Waals surface area (Å²) in [5.41, 5.74) is -0.649. The summed E-state index contributed by atoms with van der Waals surface area (Å²) in [7, 11) is 0. The molecule has 1 fully saturated rings. The summed E-state index contributed by atoms with van der Waals surface area (Å²) in [6.45, 7) is 4.47. The smallest absolute Gasteiger partial charge is 0.329 e. The molecule has 20 heavy (non-hydrogen) atoms. The molecule has 1 atom stereocenters. The van der Waals surface area contributed by atoms with Crippen LogP contribution in [0, 0.1) is 0 Å². The number of ether oxygens (including phenoxy) is 1. The zero-order valence-corrected chi connectivity index (χ0v) is 11.8. The molecule has 0 aliphatic carbocycles. The summed E-state index contributed by atoms with van der Waals surface area (Å²) in [5, 5.41) is 9.36. The fraction of sp³-hybridized carbons (Fsp3) is 0.467. The number of benzene rings is 1. The Balaban J connectivity index is 2.27. The minimum Gasteiger partial charge on any atom is -0.494 e. The van der Waals surface area contributed by atoms with Crippen LogP contribution in [-0.4, -0.2) is 40.6 Å². The van der Waals surface area contributed by atoms with Crippen LogP contribution in [0.1, 0.15) is 37.0 Å². The maximum atomic E-state index is 12.5. The quantitative estimate of drug-likeness (QED) is 0.916. The van der Waals surface area contributed by atoms with Gasteiger partial charge in [-0.05, 0) is 44.9 Å². The number of carbonyl (C=O) groups excluding carboxylic acids is 1. The molecule has 0 bridgehead atoms. The third-order valence-corrected chi connectivity index (χ3v) is 3.74. The molecule has 0 spiro atoms. The fourth-order valence-electron chi connectivity index (χ4n) is 2.55. The normalized spacial score (nSPS) is 21.8. The molecule has 1 amide bonds. The van der Waals surface area contributed by atoms with Gasteiger partial charge in [-0.15, -0.1) is 0 Å². The van der Waals surface area contributed by atoms with Gasteiger partial charge in [0.25, 0.3) is 5.91 Å². The largest absolute Gasteiger partial charge is 0.494 e. The maximum Gasteiger partial charge on any atom is 0.329 e. The SMILES string of the molecule is CCOc1cccc(C(=O)N2CCCC2(C)C(=O)O)c1. The number of hydrogen-bond acceptors (Lipinski definition) is 3. The third kappa shape index (κ3) is 2.48. The van der Waals surface area contributed by atoms with Crippen molar-refractivity contribution >= 4 is 11.9 Å². The van der Waals surface area contributed by atoms with Crippen LogP contribution in [0.2, 0.25) is 0 Å². The zero-order valence-electron chi connectivity index (χ0n) is 11.8. The standard InChI is InChI=1S/C15H19NO4/c1-3-20-12-7-4-6-11(10-12)13(17)16-9-5-8-15(16,2)14(18)19/h4,6-7,10H,3,5,8-9H2,1-2H3,(H,18,19). The second kappa shape index (κ2) is 5.53. The van der Waals surface area contributed by atoms with E-state index in [-0.39, 0.29) is 5.91 Å². The van der Waals surface area contributed by atoms with Crippen LogP contribution < -0.4 is 4.74 Å². The van der Waals surface area contributed by atoms with E-state index >= 15 is 0 Å². The molecule has 0 aromatic heterocycles. The van der Waals surface area contributed by atoms with Crippen molar-refractivity contribution < 1.29 is 19.4 Å². The van der Waals surface area contributed by atoms with E-state index in [0.29, 0.717) is 37.3 Å². The number of likely N-dealkylation sites (tertiary alicyclic amines) is 1. The molecule has 1 aromatic rings. The summed E-state index contributed by atoms with van der Waals surface area (Å²) >= 11 is 0.